The maximum Gasteiger partial charge on any atom is 0.134 e. The van der Waals surface area contributed by atoms with Crippen LogP contribution in [0.5, 0.6) is 0 Å². The molecule has 2 unspecified atom stereocenters. The first-order valence-corrected chi connectivity index (χ1v) is 9.12. The highest BCUT2D eigenvalue weighted by Gasteiger charge is 2.19. The Bertz CT molecular complexity index is 782. The number of benzene rings is 2. The molecule has 138 valence electrons. The molecular weight excluding hydrogens is 324 g/mol. The zero-order valence-electron chi connectivity index (χ0n) is 15.8. The van der Waals surface area contributed by atoms with Crippen LogP contribution in [0.3, 0.4) is 0 Å². The molecule has 26 heavy (non-hydrogen) atoms. The molecule has 4 nitrogen and oxygen atoms in total. The van der Waals surface area contributed by atoms with Crippen LogP contribution >= 0.6 is 0 Å². The summed E-state index contributed by atoms with van der Waals surface area (Å²) in [6, 6.07) is 20.6. The van der Waals surface area contributed by atoms with Crippen LogP contribution in [0.2, 0.25) is 0 Å². The molecule has 4 heteroatoms. The quantitative estimate of drug-likeness (QED) is 0.667. The third-order valence-electron chi connectivity index (χ3n) is 4.83. The van der Waals surface area contributed by atoms with E-state index in [1.165, 1.54) is 5.56 Å². The first-order valence-electron chi connectivity index (χ1n) is 9.12. The van der Waals surface area contributed by atoms with Crippen LogP contribution in [0.4, 0.5) is 0 Å². The van der Waals surface area contributed by atoms with E-state index in [4.69, 9.17) is 4.42 Å². The number of para-hydroxylation sites is 1. The van der Waals surface area contributed by atoms with Gasteiger partial charge in [-0.15, -0.1) is 0 Å². The van der Waals surface area contributed by atoms with Gasteiger partial charge in [0.15, 0.2) is 0 Å². The van der Waals surface area contributed by atoms with Crippen LogP contribution in [-0.4, -0.2) is 48.2 Å². The van der Waals surface area contributed by atoms with E-state index in [1.807, 2.05) is 50.5 Å². The van der Waals surface area contributed by atoms with E-state index in [1.54, 1.807) is 0 Å². The lowest BCUT2D eigenvalue weighted by atomic mass is 10.1. The summed E-state index contributed by atoms with van der Waals surface area (Å²) in [6.07, 6.45) is -0.416. The Morgan fingerprint density at radius 1 is 0.962 bits per heavy atom. The average molecular weight is 352 g/mol. The van der Waals surface area contributed by atoms with Crippen molar-refractivity contribution in [3.05, 3.63) is 72.0 Å². The van der Waals surface area contributed by atoms with Gasteiger partial charge in [0.05, 0.1) is 12.1 Å². The minimum Gasteiger partial charge on any atom is -0.459 e. The van der Waals surface area contributed by atoms with E-state index in [0.29, 0.717) is 13.1 Å². The molecular formula is C22H28N2O2. The van der Waals surface area contributed by atoms with Crippen molar-refractivity contribution in [3.63, 3.8) is 0 Å². The molecule has 1 N–H and O–H groups in total. The summed E-state index contributed by atoms with van der Waals surface area (Å²) in [5, 5.41) is 11.6. The number of likely N-dealkylation sites (N-methyl/N-ethyl adjacent to an activating group) is 2. The Labute approximate surface area is 155 Å². The van der Waals surface area contributed by atoms with Gasteiger partial charge in [-0.05, 0) is 38.7 Å². The molecule has 0 aliphatic carbocycles. The lowest BCUT2D eigenvalue weighted by Crippen LogP contribution is -2.38. The summed E-state index contributed by atoms with van der Waals surface area (Å²) in [4.78, 5) is 4.29. The second-order valence-corrected chi connectivity index (χ2v) is 7.14. The summed E-state index contributed by atoms with van der Waals surface area (Å²) in [6.45, 7) is 4.17. The van der Waals surface area contributed by atoms with Crippen molar-refractivity contribution in [2.45, 2.75) is 25.6 Å². The molecule has 0 aliphatic rings. The molecule has 0 aliphatic heterocycles. The average Bonchev–Trinajstić information content (AvgIpc) is 3.05. The molecule has 0 bridgehead atoms. The Balaban J connectivity index is 1.53. The zero-order chi connectivity index (χ0) is 18.5. The van der Waals surface area contributed by atoms with Crippen LogP contribution in [0.25, 0.3) is 11.0 Å². The predicted molar refractivity (Wildman–Crippen MR) is 106 cm³/mol. The van der Waals surface area contributed by atoms with Gasteiger partial charge in [0.1, 0.15) is 11.3 Å². The van der Waals surface area contributed by atoms with Gasteiger partial charge in [-0.25, -0.2) is 0 Å². The van der Waals surface area contributed by atoms with Crippen LogP contribution in [0.1, 0.15) is 24.3 Å². The fraction of sp³-hybridized carbons (Fsp3) is 0.364. The highest BCUT2D eigenvalue weighted by atomic mass is 16.3. The molecule has 0 radical (unpaired) electrons. The smallest absolute Gasteiger partial charge is 0.134 e. The number of aliphatic hydroxyl groups is 1. The van der Waals surface area contributed by atoms with Crippen molar-refractivity contribution >= 4 is 11.0 Å². The summed E-state index contributed by atoms with van der Waals surface area (Å²) in [7, 11) is 4.07. The third-order valence-corrected chi connectivity index (χ3v) is 4.83. The van der Waals surface area contributed by atoms with Crippen LogP contribution in [0.15, 0.2) is 65.1 Å². The summed E-state index contributed by atoms with van der Waals surface area (Å²) in [5.41, 5.74) is 2.16. The Kier molecular flexibility index (Phi) is 6.09. The third kappa shape index (κ3) is 4.73. The van der Waals surface area contributed by atoms with E-state index in [9.17, 15) is 5.11 Å². The SMILES string of the molecule is CC(c1cc2ccccc2o1)N(C)CC(O)CN(C)Cc1ccccc1. The van der Waals surface area contributed by atoms with Crippen molar-refractivity contribution < 1.29 is 9.52 Å². The molecule has 0 saturated carbocycles. The molecule has 0 saturated heterocycles. The minimum absolute atomic E-state index is 0.108. The first-order chi connectivity index (χ1) is 12.5. The standard InChI is InChI=1S/C22H28N2O2/c1-17(22-13-19-11-7-8-12-21(19)26-22)24(3)16-20(25)15-23(2)14-18-9-5-4-6-10-18/h4-13,17,20,25H,14-16H2,1-3H3. The fourth-order valence-electron chi connectivity index (χ4n) is 3.29. The second-order valence-electron chi connectivity index (χ2n) is 7.14. The second kappa shape index (κ2) is 8.49. The molecule has 3 aromatic rings. The molecule has 0 spiro atoms. The Hall–Kier alpha value is -2.14. The van der Waals surface area contributed by atoms with Crippen molar-refractivity contribution in [3.8, 4) is 0 Å². The molecule has 2 aromatic carbocycles. The monoisotopic (exact) mass is 352 g/mol. The number of fused-ring (bicyclic) bond motifs is 1. The number of hydrogen-bond acceptors (Lipinski definition) is 4. The maximum absolute atomic E-state index is 10.5. The van der Waals surface area contributed by atoms with E-state index < -0.39 is 6.10 Å². The largest absolute Gasteiger partial charge is 0.459 e. The first kappa shape index (κ1) is 18.6. The van der Waals surface area contributed by atoms with Gasteiger partial charge in [-0.3, -0.25) is 9.80 Å². The molecule has 1 heterocycles. The Morgan fingerprint density at radius 3 is 2.38 bits per heavy atom. The van der Waals surface area contributed by atoms with Crippen molar-refractivity contribution in [1.29, 1.82) is 0 Å². The summed E-state index contributed by atoms with van der Waals surface area (Å²) in [5.74, 6) is 0.929. The lowest BCUT2D eigenvalue weighted by Gasteiger charge is -2.28. The van der Waals surface area contributed by atoms with Crippen molar-refractivity contribution in [1.82, 2.24) is 9.80 Å². The minimum atomic E-state index is -0.416. The fourth-order valence-corrected chi connectivity index (χ4v) is 3.29. The summed E-state index contributed by atoms with van der Waals surface area (Å²) < 4.78 is 5.96. The number of rotatable bonds is 8. The Morgan fingerprint density at radius 2 is 1.65 bits per heavy atom. The highest BCUT2D eigenvalue weighted by Crippen LogP contribution is 2.26. The van der Waals surface area contributed by atoms with Gasteiger partial charge in [-0.1, -0.05) is 48.5 Å². The normalized spacial score (nSPS) is 14.2. The van der Waals surface area contributed by atoms with Crippen molar-refractivity contribution in [2.24, 2.45) is 0 Å². The van der Waals surface area contributed by atoms with Gasteiger partial charge in [-0.2, -0.15) is 0 Å². The molecule has 3 rings (SSSR count). The van der Waals surface area contributed by atoms with Gasteiger partial charge in [0.2, 0.25) is 0 Å². The number of aliphatic hydroxyl groups excluding tert-OH is 1. The van der Waals surface area contributed by atoms with E-state index >= 15 is 0 Å². The van der Waals surface area contributed by atoms with E-state index in [0.717, 1.165) is 23.3 Å². The van der Waals surface area contributed by atoms with Crippen molar-refractivity contribution in [2.75, 3.05) is 27.2 Å². The summed E-state index contributed by atoms with van der Waals surface area (Å²) >= 11 is 0. The molecule has 2 atom stereocenters. The number of nitrogens with zero attached hydrogens (tertiary/aromatic N) is 2. The van der Waals surface area contributed by atoms with Gasteiger partial charge in [0.25, 0.3) is 0 Å². The van der Waals surface area contributed by atoms with Gasteiger partial charge >= 0.3 is 0 Å². The molecule has 0 fully saturated rings. The molecule has 1 aromatic heterocycles. The van der Waals surface area contributed by atoms with E-state index in [-0.39, 0.29) is 6.04 Å². The molecule has 0 amide bonds. The number of hydrogen-bond donors (Lipinski definition) is 1. The highest BCUT2D eigenvalue weighted by molar-refractivity contribution is 5.77. The van der Waals surface area contributed by atoms with E-state index in [2.05, 4.69) is 41.0 Å². The van der Waals surface area contributed by atoms with Gasteiger partial charge in [0, 0.05) is 25.0 Å². The predicted octanol–water partition coefficient (Wildman–Crippen LogP) is 3.92. The maximum atomic E-state index is 10.5. The lowest BCUT2D eigenvalue weighted by molar-refractivity contribution is 0.0734. The van der Waals surface area contributed by atoms with Gasteiger partial charge < -0.3 is 9.52 Å². The zero-order valence-corrected chi connectivity index (χ0v) is 15.8. The van der Waals surface area contributed by atoms with Crippen LogP contribution in [-0.2, 0) is 6.54 Å². The topological polar surface area (TPSA) is 39.9 Å². The van der Waals surface area contributed by atoms with Crippen LogP contribution < -0.4 is 0 Å². The van der Waals surface area contributed by atoms with Crippen LogP contribution in [0, 0.1) is 0 Å². The number of furan rings is 1.